The summed E-state index contributed by atoms with van der Waals surface area (Å²) in [7, 11) is 2.02. The third kappa shape index (κ3) is 3.01. The van der Waals surface area contributed by atoms with E-state index in [1.807, 2.05) is 30.3 Å². The van der Waals surface area contributed by atoms with Gasteiger partial charge in [0.15, 0.2) is 0 Å². The molecule has 2 aliphatic rings. The maximum atomic E-state index is 13.0. The molecule has 7 nitrogen and oxygen atoms in total. The molecule has 0 aliphatic carbocycles. The lowest BCUT2D eigenvalue weighted by Gasteiger charge is -2.26. The molecule has 2 aromatic heterocycles. The van der Waals surface area contributed by atoms with E-state index in [0.29, 0.717) is 32.7 Å². The first-order valence-electron chi connectivity index (χ1n) is 9.67. The van der Waals surface area contributed by atoms with E-state index in [-0.39, 0.29) is 5.91 Å². The number of hydrogen-bond donors (Lipinski definition) is 0. The maximum Gasteiger partial charge on any atom is 0.227 e. The van der Waals surface area contributed by atoms with Crippen molar-refractivity contribution in [2.45, 2.75) is 19.5 Å². The number of ether oxygens (including phenoxy) is 1. The number of carbonyl (C=O) groups is 1. The number of carbonyl (C=O) groups excluding carboxylic acids is 1. The van der Waals surface area contributed by atoms with Gasteiger partial charge in [0.2, 0.25) is 11.9 Å². The number of morpholine rings is 1. The number of para-hydroxylation sites is 1. The summed E-state index contributed by atoms with van der Waals surface area (Å²) in [5.41, 5.74) is 4.22. The maximum absolute atomic E-state index is 13.0. The van der Waals surface area contributed by atoms with Crippen LogP contribution in [0.1, 0.15) is 16.8 Å². The third-order valence-corrected chi connectivity index (χ3v) is 5.61. The lowest BCUT2D eigenvalue weighted by atomic mass is 10.1. The van der Waals surface area contributed by atoms with Crippen LogP contribution < -0.4 is 4.90 Å². The molecule has 3 aromatic rings. The Labute approximate surface area is 163 Å². The van der Waals surface area contributed by atoms with Crippen molar-refractivity contribution in [1.82, 2.24) is 19.4 Å². The van der Waals surface area contributed by atoms with Crippen LogP contribution in [0.2, 0.25) is 0 Å². The molecular formula is C21H23N5O2. The van der Waals surface area contributed by atoms with Crippen molar-refractivity contribution in [3.05, 3.63) is 53.5 Å². The van der Waals surface area contributed by atoms with Gasteiger partial charge in [-0.05, 0) is 11.6 Å². The van der Waals surface area contributed by atoms with Crippen LogP contribution in [0.5, 0.6) is 0 Å². The summed E-state index contributed by atoms with van der Waals surface area (Å²) >= 11 is 0. The van der Waals surface area contributed by atoms with Crippen LogP contribution in [0.4, 0.5) is 5.95 Å². The molecule has 0 spiro atoms. The molecule has 1 amide bonds. The number of hydrogen-bond acceptors (Lipinski definition) is 5. The van der Waals surface area contributed by atoms with E-state index in [0.717, 1.165) is 46.8 Å². The highest BCUT2D eigenvalue weighted by Crippen LogP contribution is 2.25. The Morgan fingerprint density at radius 1 is 1.18 bits per heavy atom. The van der Waals surface area contributed by atoms with Crippen LogP contribution in [0.3, 0.4) is 0 Å². The van der Waals surface area contributed by atoms with Gasteiger partial charge in [0, 0.05) is 55.5 Å². The molecule has 0 saturated carbocycles. The Morgan fingerprint density at radius 2 is 2.00 bits per heavy atom. The van der Waals surface area contributed by atoms with Crippen molar-refractivity contribution >= 4 is 22.8 Å². The lowest BCUT2D eigenvalue weighted by Crippen LogP contribution is -2.37. The fourth-order valence-corrected chi connectivity index (χ4v) is 4.08. The summed E-state index contributed by atoms with van der Waals surface area (Å²) in [4.78, 5) is 26.2. The topological polar surface area (TPSA) is 63.5 Å². The first kappa shape index (κ1) is 17.2. The van der Waals surface area contributed by atoms with Crippen LogP contribution in [0, 0.1) is 0 Å². The SMILES string of the molecule is Cn1cc(CC(=O)N2Cc3cnc(N4CCOCC4)nc3C2)c2ccccc21. The lowest BCUT2D eigenvalue weighted by molar-refractivity contribution is -0.131. The molecular weight excluding hydrogens is 354 g/mol. The number of amides is 1. The van der Waals surface area contributed by atoms with Gasteiger partial charge >= 0.3 is 0 Å². The molecule has 1 fully saturated rings. The van der Waals surface area contributed by atoms with Gasteiger partial charge < -0.3 is 19.1 Å². The molecule has 1 aromatic carbocycles. The first-order chi connectivity index (χ1) is 13.7. The predicted molar refractivity (Wildman–Crippen MR) is 106 cm³/mol. The molecule has 0 bridgehead atoms. The fourth-order valence-electron chi connectivity index (χ4n) is 4.08. The largest absolute Gasteiger partial charge is 0.378 e. The summed E-state index contributed by atoms with van der Waals surface area (Å²) in [5, 5.41) is 1.14. The fraction of sp³-hybridized carbons (Fsp3) is 0.381. The molecule has 0 radical (unpaired) electrons. The summed E-state index contributed by atoms with van der Waals surface area (Å²) in [6.45, 7) is 4.16. The number of aromatic nitrogens is 3. The van der Waals surface area contributed by atoms with Crippen molar-refractivity contribution in [3.63, 3.8) is 0 Å². The normalized spacial score (nSPS) is 16.6. The number of fused-ring (bicyclic) bond motifs is 2. The van der Waals surface area contributed by atoms with E-state index in [1.54, 1.807) is 0 Å². The number of aryl methyl sites for hydroxylation is 1. The van der Waals surface area contributed by atoms with Gasteiger partial charge in [0.1, 0.15) is 0 Å². The first-order valence-corrected chi connectivity index (χ1v) is 9.67. The van der Waals surface area contributed by atoms with E-state index in [4.69, 9.17) is 9.72 Å². The van der Waals surface area contributed by atoms with E-state index < -0.39 is 0 Å². The van der Waals surface area contributed by atoms with Crippen LogP contribution >= 0.6 is 0 Å². The van der Waals surface area contributed by atoms with E-state index in [1.165, 1.54) is 0 Å². The van der Waals surface area contributed by atoms with Gasteiger partial charge in [-0.15, -0.1) is 0 Å². The van der Waals surface area contributed by atoms with Gasteiger partial charge in [0.05, 0.1) is 31.9 Å². The minimum atomic E-state index is 0.127. The summed E-state index contributed by atoms with van der Waals surface area (Å²) in [6, 6.07) is 8.20. The molecule has 0 unspecified atom stereocenters. The average Bonchev–Trinajstić information content (AvgIpc) is 3.30. The Bertz CT molecular complexity index is 1040. The van der Waals surface area contributed by atoms with Crippen molar-refractivity contribution in [1.29, 1.82) is 0 Å². The van der Waals surface area contributed by atoms with Crippen LogP contribution in [0.25, 0.3) is 10.9 Å². The standard InChI is InChI=1S/C21H23N5O2/c1-24-12-15(17-4-2-3-5-19(17)24)10-20(27)26-13-16-11-22-21(23-18(16)14-26)25-6-8-28-9-7-25/h2-5,11-12H,6-10,13-14H2,1H3. The zero-order valence-corrected chi connectivity index (χ0v) is 16.0. The summed E-state index contributed by atoms with van der Waals surface area (Å²) in [5.74, 6) is 0.868. The monoisotopic (exact) mass is 377 g/mol. The van der Waals surface area contributed by atoms with Gasteiger partial charge in [-0.1, -0.05) is 18.2 Å². The Hall–Kier alpha value is -2.93. The molecule has 7 heteroatoms. The second-order valence-corrected chi connectivity index (χ2v) is 7.45. The molecule has 4 heterocycles. The van der Waals surface area contributed by atoms with Crippen LogP contribution in [0.15, 0.2) is 36.7 Å². The number of anilines is 1. The minimum Gasteiger partial charge on any atom is -0.378 e. The van der Waals surface area contributed by atoms with Crippen molar-refractivity contribution in [2.24, 2.45) is 7.05 Å². The zero-order valence-electron chi connectivity index (χ0n) is 16.0. The van der Waals surface area contributed by atoms with Crippen LogP contribution in [-0.2, 0) is 36.1 Å². The van der Waals surface area contributed by atoms with E-state index in [2.05, 4.69) is 32.8 Å². The molecule has 0 atom stereocenters. The third-order valence-electron chi connectivity index (χ3n) is 5.61. The van der Waals surface area contributed by atoms with Crippen LogP contribution in [-0.4, -0.2) is 51.6 Å². The van der Waals surface area contributed by atoms with E-state index in [9.17, 15) is 4.79 Å². The van der Waals surface area contributed by atoms with Crippen molar-refractivity contribution < 1.29 is 9.53 Å². The second kappa shape index (κ2) is 6.91. The highest BCUT2D eigenvalue weighted by Gasteiger charge is 2.27. The van der Waals surface area contributed by atoms with Gasteiger partial charge in [-0.25, -0.2) is 9.97 Å². The molecule has 144 valence electrons. The van der Waals surface area contributed by atoms with Gasteiger partial charge in [-0.2, -0.15) is 0 Å². The Kier molecular flexibility index (Phi) is 4.24. The number of nitrogens with zero attached hydrogens (tertiary/aromatic N) is 5. The molecule has 2 aliphatic heterocycles. The predicted octanol–water partition coefficient (Wildman–Crippen LogP) is 1.89. The quantitative estimate of drug-likeness (QED) is 0.698. The Morgan fingerprint density at radius 3 is 2.86 bits per heavy atom. The molecule has 0 N–H and O–H groups in total. The highest BCUT2D eigenvalue weighted by molar-refractivity contribution is 5.89. The number of rotatable bonds is 3. The zero-order chi connectivity index (χ0) is 19.1. The van der Waals surface area contributed by atoms with Gasteiger partial charge in [0.25, 0.3) is 0 Å². The highest BCUT2D eigenvalue weighted by atomic mass is 16.5. The molecule has 5 rings (SSSR count). The van der Waals surface area contributed by atoms with Crippen molar-refractivity contribution in [3.8, 4) is 0 Å². The van der Waals surface area contributed by atoms with E-state index >= 15 is 0 Å². The molecule has 28 heavy (non-hydrogen) atoms. The molecule has 1 saturated heterocycles. The average molecular weight is 377 g/mol. The Balaban J connectivity index is 1.32. The smallest absolute Gasteiger partial charge is 0.227 e. The summed E-state index contributed by atoms with van der Waals surface area (Å²) < 4.78 is 7.48. The van der Waals surface area contributed by atoms with Crippen molar-refractivity contribution in [2.75, 3.05) is 31.2 Å². The van der Waals surface area contributed by atoms with Gasteiger partial charge in [-0.3, -0.25) is 4.79 Å². The second-order valence-electron chi connectivity index (χ2n) is 7.45. The number of benzene rings is 1. The summed E-state index contributed by atoms with van der Waals surface area (Å²) in [6.07, 6.45) is 4.33. The minimum absolute atomic E-state index is 0.127.